The molecule has 0 aliphatic carbocycles. The average molecular weight is 809 g/mol. The molecular weight excluding hydrogens is 749 g/mol. The third-order valence-electron chi connectivity index (χ3n) is 13.6. The van der Waals surface area contributed by atoms with Crippen molar-refractivity contribution in [1.82, 2.24) is 9.80 Å². The van der Waals surface area contributed by atoms with Crippen LogP contribution in [0.1, 0.15) is 91.8 Å². The predicted octanol–water partition coefficient (Wildman–Crippen LogP) is 8.38. The summed E-state index contributed by atoms with van der Waals surface area (Å²) in [5.41, 5.74) is 6.66. The average Bonchev–Trinajstić information content (AvgIpc) is 3.71. The molecular formula is C48H60N2O9. The quantitative estimate of drug-likeness (QED) is 0.133. The molecule has 11 heteroatoms. The molecule has 8 rings (SSSR count). The fourth-order valence-corrected chi connectivity index (χ4v) is 10.6. The molecule has 0 saturated carbocycles. The molecule has 0 unspecified atom stereocenters. The van der Waals surface area contributed by atoms with Gasteiger partial charge in [-0.05, 0) is 116 Å². The SMILES string of the molecule is CCO[C@H]1OC(C(=O)N2CCc3cc(OC)c(OC)cc3[C@H]2C[C@H]2C[C@H]3c4cc(OC)c(OC)cc4CCN3C[C@@H]2CC)=C[C@@H](c2coc3ccccc23)[C@H]1CCCO. The molecule has 1 saturated heterocycles. The Bertz CT molecular complexity index is 2150. The van der Waals surface area contributed by atoms with Crippen molar-refractivity contribution in [2.45, 2.75) is 83.1 Å². The Hall–Kier alpha value is -4.71. The Labute approximate surface area is 348 Å². The molecule has 4 aliphatic rings. The lowest BCUT2D eigenvalue weighted by molar-refractivity contribution is -0.171. The Morgan fingerprint density at radius 2 is 1.53 bits per heavy atom. The summed E-state index contributed by atoms with van der Waals surface area (Å²) in [5.74, 6) is 3.41. The first-order valence-electron chi connectivity index (χ1n) is 21.5. The summed E-state index contributed by atoms with van der Waals surface area (Å²) in [6.45, 7) is 7.25. The van der Waals surface area contributed by atoms with Gasteiger partial charge >= 0.3 is 0 Å². The molecule has 7 atom stereocenters. The zero-order valence-corrected chi connectivity index (χ0v) is 35.4. The maximum absolute atomic E-state index is 15.3. The number of carbonyl (C=O) groups is 1. The lowest BCUT2D eigenvalue weighted by Crippen LogP contribution is -2.48. The zero-order valence-electron chi connectivity index (χ0n) is 35.4. The summed E-state index contributed by atoms with van der Waals surface area (Å²) in [7, 11) is 6.73. The van der Waals surface area contributed by atoms with Crippen LogP contribution in [0.25, 0.3) is 11.0 Å². The van der Waals surface area contributed by atoms with E-state index < -0.39 is 6.29 Å². The molecule has 3 aromatic carbocycles. The maximum Gasteiger partial charge on any atom is 0.289 e. The molecule has 1 fully saturated rings. The van der Waals surface area contributed by atoms with Crippen LogP contribution in [0.2, 0.25) is 0 Å². The van der Waals surface area contributed by atoms with E-state index in [0.29, 0.717) is 55.7 Å². The lowest BCUT2D eigenvalue weighted by atomic mass is 9.72. The molecule has 1 amide bonds. The topological polar surface area (TPSA) is 112 Å². The molecule has 11 nitrogen and oxygen atoms in total. The molecule has 4 aliphatic heterocycles. The number of furan rings is 1. The number of ether oxygens (including phenoxy) is 6. The van der Waals surface area contributed by atoms with Crippen molar-refractivity contribution in [2.24, 2.45) is 17.8 Å². The number of benzene rings is 3. The van der Waals surface area contributed by atoms with Gasteiger partial charge in [-0.2, -0.15) is 0 Å². The number of allylic oxidation sites excluding steroid dienone is 1. The van der Waals surface area contributed by atoms with Crippen LogP contribution in [0.5, 0.6) is 23.0 Å². The van der Waals surface area contributed by atoms with Gasteiger partial charge in [-0.1, -0.05) is 31.5 Å². The third kappa shape index (κ3) is 7.77. The van der Waals surface area contributed by atoms with Crippen molar-refractivity contribution < 1.29 is 42.7 Å². The second-order valence-electron chi connectivity index (χ2n) is 16.5. The predicted molar refractivity (Wildman–Crippen MR) is 225 cm³/mol. The largest absolute Gasteiger partial charge is 0.493 e. The summed E-state index contributed by atoms with van der Waals surface area (Å²) in [5, 5.41) is 10.9. The van der Waals surface area contributed by atoms with Crippen molar-refractivity contribution in [3.63, 3.8) is 0 Å². The third-order valence-corrected chi connectivity index (χ3v) is 13.6. The van der Waals surface area contributed by atoms with Gasteiger partial charge in [0.2, 0.25) is 6.29 Å². The number of nitrogens with zero attached hydrogens (tertiary/aromatic N) is 2. The smallest absolute Gasteiger partial charge is 0.289 e. The zero-order chi connectivity index (χ0) is 41.2. The van der Waals surface area contributed by atoms with E-state index in [1.54, 1.807) is 34.7 Å². The van der Waals surface area contributed by atoms with Crippen LogP contribution in [-0.2, 0) is 27.1 Å². The fourth-order valence-electron chi connectivity index (χ4n) is 10.6. The Kier molecular flexibility index (Phi) is 12.4. The van der Waals surface area contributed by atoms with E-state index in [1.165, 1.54) is 16.7 Å². The van der Waals surface area contributed by atoms with E-state index >= 15 is 4.79 Å². The number of aliphatic hydroxyl groups is 1. The molecule has 5 heterocycles. The van der Waals surface area contributed by atoms with Crippen molar-refractivity contribution >= 4 is 16.9 Å². The number of hydrogen-bond donors (Lipinski definition) is 1. The highest BCUT2D eigenvalue weighted by Crippen LogP contribution is 2.50. The van der Waals surface area contributed by atoms with Gasteiger partial charge in [-0.25, -0.2) is 0 Å². The van der Waals surface area contributed by atoms with E-state index in [4.69, 9.17) is 32.8 Å². The van der Waals surface area contributed by atoms with Crippen LogP contribution in [0.4, 0.5) is 0 Å². The van der Waals surface area contributed by atoms with E-state index in [1.807, 2.05) is 36.1 Å². The summed E-state index contributed by atoms with van der Waals surface area (Å²) in [6, 6.07) is 16.5. The van der Waals surface area contributed by atoms with Crippen molar-refractivity contribution in [3.05, 3.63) is 94.4 Å². The minimum Gasteiger partial charge on any atom is -0.493 e. The van der Waals surface area contributed by atoms with Crippen LogP contribution in [0, 0.1) is 17.8 Å². The number of piperidine rings is 1. The van der Waals surface area contributed by atoms with Gasteiger partial charge in [0.1, 0.15) is 5.58 Å². The van der Waals surface area contributed by atoms with Gasteiger partial charge in [-0.15, -0.1) is 0 Å². The number of fused-ring (bicyclic) bond motifs is 5. The van der Waals surface area contributed by atoms with Crippen molar-refractivity contribution in [1.29, 1.82) is 0 Å². The molecule has 4 aromatic rings. The molecule has 0 radical (unpaired) electrons. The molecule has 0 bridgehead atoms. The van der Waals surface area contributed by atoms with Crippen LogP contribution in [-0.4, -0.2) is 88.4 Å². The van der Waals surface area contributed by atoms with Crippen LogP contribution in [0.3, 0.4) is 0 Å². The number of methoxy groups -OCH3 is 4. The van der Waals surface area contributed by atoms with Crippen molar-refractivity contribution in [3.8, 4) is 23.0 Å². The van der Waals surface area contributed by atoms with Gasteiger partial charge < -0.3 is 42.8 Å². The van der Waals surface area contributed by atoms with Gasteiger partial charge in [0.05, 0.1) is 40.7 Å². The van der Waals surface area contributed by atoms with E-state index in [9.17, 15) is 5.11 Å². The first-order valence-corrected chi connectivity index (χ1v) is 21.5. The second-order valence-corrected chi connectivity index (χ2v) is 16.5. The minimum atomic E-state index is -0.676. The van der Waals surface area contributed by atoms with Gasteiger partial charge in [0.25, 0.3) is 5.91 Å². The molecule has 1 N–H and O–H groups in total. The molecule has 1 aromatic heterocycles. The highest BCUT2D eigenvalue weighted by atomic mass is 16.7. The van der Waals surface area contributed by atoms with Crippen LogP contribution in [0.15, 0.2) is 71.0 Å². The van der Waals surface area contributed by atoms with E-state index in [2.05, 4.69) is 42.2 Å². The number of para-hydroxylation sites is 1. The van der Waals surface area contributed by atoms with Gasteiger partial charge in [0, 0.05) is 61.7 Å². The van der Waals surface area contributed by atoms with Crippen molar-refractivity contribution in [2.75, 3.05) is 61.3 Å². The summed E-state index contributed by atoms with van der Waals surface area (Å²) in [4.78, 5) is 20.0. The molecule has 59 heavy (non-hydrogen) atoms. The molecule has 0 spiro atoms. The standard InChI is InChI=1S/C48H60N2O9/c1-7-29-27-49-17-15-30-22-42(53-3)44(55-5)24-35(30)39(49)20-32(29)21-40-36-25-45(56-6)43(54-4)23-31(36)16-18-50(40)47(52)46-26-37(34(13-11-19-51)48(59-46)57-8-2)38-28-58-41-14-10-9-12-33(38)41/h9-10,12,14,22-26,28-29,32,34,37,39-40,48,51H,7-8,11,13,15-21,27H2,1-6H3/t29-,32+,34+,37+,39-,40+,48-/m0/s1. The van der Waals surface area contributed by atoms with Crippen LogP contribution >= 0.6 is 0 Å². The summed E-state index contributed by atoms with van der Waals surface area (Å²) in [6.07, 6.45) is 8.81. The minimum absolute atomic E-state index is 0.0542. The number of aliphatic hydroxyl groups excluding tert-OH is 1. The van der Waals surface area contributed by atoms with Crippen LogP contribution < -0.4 is 18.9 Å². The Morgan fingerprint density at radius 3 is 2.22 bits per heavy atom. The maximum atomic E-state index is 15.3. The van der Waals surface area contributed by atoms with Gasteiger partial charge in [0.15, 0.2) is 28.8 Å². The number of hydrogen-bond acceptors (Lipinski definition) is 10. The highest BCUT2D eigenvalue weighted by molar-refractivity contribution is 5.93. The lowest BCUT2D eigenvalue weighted by Gasteiger charge is -2.49. The highest BCUT2D eigenvalue weighted by Gasteiger charge is 2.45. The first kappa shape index (κ1) is 41.0. The summed E-state index contributed by atoms with van der Waals surface area (Å²) >= 11 is 0. The first-order chi connectivity index (χ1) is 28.8. The second kappa shape index (κ2) is 17.9. The van der Waals surface area contributed by atoms with E-state index in [-0.39, 0.29) is 42.2 Å². The number of carbonyl (C=O) groups excluding carboxylic acids is 1. The van der Waals surface area contributed by atoms with Gasteiger partial charge in [-0.3, -0.25) is 9.69 Å². The fraction of sp³-hybridized carbons (Fsp3) is 0.521. The normalized spacial score (nSPS) is 25.3. The molecule has 316 valence electrons. The Morgan fingerprint density at radius 1 is 0.847 bits per heavy atom. The van der Waals surface area contributed by atoms with E-state index in [0.717, 1.165) is 72.4 Å². The summed E-state index contributed by atoms with van der Waals surface area (Å²) < 4.78 is 42.2. The Balaban J connectivity index is 1.18. The number of amides is 1. The monoisotopic (exact) mass is 808 g/mol. The number of rotatable bonds is 14.